The summed E-state index contributed by atoms with van der Waals surface area (Å²) in [6.07, 6.45) is 0.289. The number of rotatable bonds is 7. The van der Waals surface area contributed by atoms with E-state index >= 15 is 0 Å². The van der Waals surface area contributed by atoms with E-state index in [1.807, 2.05) is 24.3 Å². The molecule has 1 atom stereocenters. The standard InChI is InChI=1S/C18H20O4/c1-3-13-6-4-5-7-14(13)12-17(18(19)20)22-16-10-8-15(21-2)9-11-16/h4-11,17H,3,12H2,1-2H3,(H,19,20). The zero-order chi connectivity index (χ0) is 15.9. The van der Waals surface area contributed by atoms with Crippen LogP contribution in [0.2, 0.25) is 0 Å². The molecule has 2 rings (SSSR count). The Balaban J connectivity index is 2.14. The van der Waals surface area contributed by atoms with Crippen molar-refractivity contribution >= 4 is 5.97 Å². The number of ether oxygens (including phenoxy) is 2. The van der Waals surface area contributed by atoms with Crippen LogP contribution in [-0.2, 0) is 17.6 Å². The van der Waals surface area contributed by atoms with Crippen LogP contribution in [-0.4, -0.2) is 24.3 Å². The number of benzene rings is 2. The van der Waals surface area contributed by atoms with Gasteiger partial charge >= 0.3 is 5.97 Å². The van der Waals surface area contributed by atoms with Gasteiger partial charge in [0, 0.05) is 6.42 Å². The molecule has 116 valence electrons. The Morgan fingerprint density at radius 3 is 2.18 bits per heavy atom. The van der Waals surface area contributed by atoms with Gasteiger partial charge in [-0.1, -0.05) is 31.2 Å². The summed E-state index contributed by atoms with van der Waals surface area (Å²) in [7, 11) is 1.58. The molecule has 0 aliphatic rings. The average molecular weight is 300 g/mol. The lowest BCUT2D eigenvalue weighted by Crippen LogP contribution is -2.29. The van der Waals surface area contributed by atoms with Crippen molar-refractivity contribution < 1.29 is 19.4 Å². The van der Waals surface area contributed by atoms with Gasteiger partial charge in [0.05, 0.1) is 7.11 Å². The van der Waals surface area contributed by atoms with Gasteiger partial charge in [0.2, 0.25) is 0 Å². The molecule has 0 spiro atoms. The Labute approximate surface area is 130 Å². The molecule has 0 radical (unpaired) electrons. The van der Waals surface area contributed by atoms with Crippen LogP contribution in [0.4, 0.5) is 0 Å². The number of carboxylic acids is 1. The molecular formula is C18H20O4. The molecule has 0 saturated heterocycles. The van der Waals surface area contributed by atoms with E-state index < -0.39 is 12.1 Å². The van der Waals surface area contributed by atoms with Crippen LogP contribution in [0.3, 0.4) is 0 Å². The highest BCUT2D eigenvalue weighted by atomic mass is 16.5. The Kier molecular flexibility index (Phi) is 5.42. The smallest absolute Gasteiger partial charge is 0.345 e. The maximum Gasteiger partial charge on any atom is 0.345 e. The molecule has 0 saturated carbocycles. The molecule has 0 aliphatic heterocycles. The van der Waals surface area contributed by atoms with E-state index in [1.54, 1.807) is 31.4 Å². The van der Waals surface area contributed by atoms with Gasteiger partial charge in [-0.2, -0.15) is 0 Å². The molecule has 2 aromatic carbocycles. The van der Waals surface area contributed by atoms with Crippen molar-refractivity contribution in [2.75, 3.05) is 7.11 Å². The van der Waals surface area contributed by atoms with Gasteiger partial charge in [0.25, 0.3) is 0 Å². The number of carbonyl (C=O) groups is 1. The van der Waals surface area contributed by atoms with Gasteiger partial charge in [-0.3, -0.25) is 0 Å². The molecule has 0 aromatic heterocycles. The minimum absolute atomic E-state index is 0.339. The van der Waals surface area contributed by atoms with Gasteiger partial charge < -0.3 is 14.6 Å². The third kappa shape index (κ3) is 4.01. The number of methoxy groups -OCH3 is 1. The summed E-state index contributed by atoms with van der Waals surface area (Å²) in [5.74, 6) is 0.249. The molecular weight excluding hydrogens is 280 g/mol. The van der Waals surface area contributed by atoms with Gasteiger partial charge in [-0.15, -0.1) is 0 Å². The summed E-state index contributed by atoms with van der Waals surface area (Å²) in [4.78, 5) is 11.5. The summed E-state index contributed by atoms with van der Waals surface area (Å²) in [5.41, 5.74) is 2.15. The largest absolute Gasteiger partial charge is 0.497 e. The maximum atomic E-state index is 11.5. The lowest BCUT2D eigenvalue weighted by atomic mass is 10.00. The number of aryl methyl sites for hydroxylation is 1. The molecule has 4 nitrogen and oxygen atoms in total. The predicted molar refractivity (Wildman–Crippen MR) is 84.6 cm³/mol. The van der Waals surface area contributed by atoms with Gasteiger partial charge in [-0.25, -0.2) is 4.79 Å². The van der Waals surface area contributed by atoms with Crippen LogP contribution >= 0.6 is 0 Å². The average Bonchev–Trinajstić information content (AvgIpc) is 2.55. The summed E-state index contributed by atoms with van der Waals surface area (Å²) >= 11 is 0. The maximum absolute atomic E-state index is 11.5. The highest BCUT2D eigenvalue weighted by Gasteiger charge is 2.21. The van der Waals surface area contributed by atoms with Crippen LogP contribution in [0, 0.1) is 0 Å². The Hall–Kier alpha value is -2.49. The first-order chi connectivity index (χ1) is 10.6. The van der Waals surface area contributed by atoms with E-state index in [4.69, 9.17) is 9.47 Å². The van der Waals surface area contributed by atoms with E-state index in [1.165, 1.54) is 0 Å². The molecule has 0 amide bonds. The van der Waals surface area contributed by atoms with E-state index in [2.05, 4.69) is 6.92 Å². The van der Waals surface area contributed by atoms with Crippen molar-refractivity contribution in [3.8, 4) is 11.5 Å². The summed E-state index contributed by atoms with van der Waals surface area (Å²) in [6.45, 7) is 2.05. The summed E-state index contributed by atoms with van der Waals surface area (Å²) < 4.78 is 10.7. The Bertz CT molecular complexity index is 619. The third-order valence-electron chi connectivity index (χ3n) is 3.52. The first-order valence-electron chi connectivity index (χ1n) is 7.24. The van der Waals surface area contributed by atoms with Crippen LogP contribution in [0.25, 0.3) is 0 Å². The molecule has 0 heterocycles. The van der Waals surface area contributed by atoms with Crippen molar-refractivity contribution in [2.24, 2.45) is 0 Å². The van der Waals surface area contributed by atoms with Gasteiger partial charge in [0.15, 0.2) is 6.10 Å². The lowest BCUT2D eigenvalue weighted by molar-refractivity contribution is -0.145. The fourth-order valence-corrected chi connectivity index (χ4v) is 2.30. The highest BCUT2D eigenvalue weighted by Crippen LogP contribution is 2.20. The molecule has 4 heteroatoms. The lowest BCUT2D eigenvalue weighted by Gasteiger charge is -2.17. The minimum atomic E-state index is -0.971. The molecule has 0 bridgehead atoms. The summed E-state index contributed by atoms with van der Waals surface area (Å²) in [5, 5.41) is 9.41. The fraction of sp³-hybridized carbons (Fsp3) is 0.278. The second kappa shape index (κ2) is 7.50. The quantitative estimate of drug-likeness (QED) is 0.852. The zero-order valence-corrected chi connectivity index (χ0v) is 12.8. The van der Waals surface area contributed by atoms with Gasteiger partial charge in [-0.05, 0) is 41.8 Å². The minimum Gasteiger partial charge on any atom is -0.497 e. The van der Waals surface area contributed by atoms with E-state index in [9.17, 15) is 9.90 Å². The Morgan fingerprint density at radius 2 is 1.64 bits per heavy atom. The SMILES string of the molecule is CCc1ccccc1CC(Oc1ccc(OC)cc1)C(=O)O. The number of carboxylic acid groups (broad SMARTS) is 1. The van der Waals surface area contributed by atoms with Crippen molar-refractivity contribution in [3.05, 3.63) is 59.7 Å². The first kappa shape index (κ1) is 15.9. The van der Waals surface area contributed by atoms with Crippen LogP contribution in [0.5, 0.6) is 11.5 Å². The van der Waals surface area contributed by atoms with Crippen LogP contribution < -0.4 is 9.47 Å². The molecule has 2 aromatic rings. The van der Waals surface area contributed by atoms with Crippen molar-refractivity contribution in [1.82, 2.24) is 0 Å². The number of aliphatic carboxylic acids is 1. The van der Waals surface area contributed by atoms with Crippen molar-refractivity contribution in [3.63, 3.8) is 0 Å². The first-order valence-corrected chi connectivity index (χ1v) is 7.24. The molecule has 0 fully saturated rings. The van der Waals surface area contributed by atoms with Crippen LogP contribution in [0.1, 0.15) is 18.1 Å². The fourth-order valence-electron chi connectivity index (χ4n) is 2.30. The zero-order valence-electron chi connectivity index (χ0n) is 12.8. The third-order valence-corrected chi connectivity index (χ3v) is 3.52. The van der Waals surface area contributed by atoms with Gasteiger partial charge in [0.1, 0.15) is 11.5 Å². The molecule has 22 heavy (non-hydrogen) atoms. The molecule has 1 N–H and O–H groups in total. The van der Waals surface area contributed by atoms with Crippen molar-refractivity contribution in [1.29, 1.82) is 0 Å². The van der Waals surface area contributed by atoms with Crippen molar-refractivity contribution in [2.45, 2.75) is 25.9 Å². The number of hydrogen-bond donors (Lipinski definition) is 1. The normalized spacial score (nSPS) is 11.7. The molecule has 1 unspecified atom stereocenters. The van der Waals surface area contributed by atoms with E-state index in [0.717, 1.165) is 17.5 Å². The Morgan fingerprint density at radius 1 is 1.05 bits per heavy atom. The predicted octanol–water partition coefficient (Wildman–Crippen LogP) is 3.33. The number of hydrogen-bond acceptors (Lipinski definition) is 3. The second-order valence-electron chi connectivity index (χ2n) is 4.95. The van der Waals surface area contributed by atoms with Crippen LogP contribution in [0.15, 0.2) is 48.5 Å². The van der Waals surface area contributed by atoms with E-state index in [-0.39, 0.29) is 0 Å². The highest BCUT2D eigenvalue weighted by molar-refractivity contribution is 5.73. The molecule has 0 aliphatic carbocycles. The summed E-state index contributed by atoms with van der Waals surface area (Å²) in [6, 6.07) is 14.8. The monoisotopic (exact) mass is 300 g/mol. The topological polar surface area (TPSA) is 55.8 Å². The van der Waals surface area contributed by atoms with E-state index in [0.29, 0.717) is 17.9 Å². The second-order valence-corrected chi connectivity index (χ2v) is 4.95.